The Morgan fingerprint density at radius 2 is 1.78 bits per heavy atom. The van der Waals surface area contributed by atoms with Crippen molar-refractivity contribution in [2.24, 2.45) is 0 Å². The number of phenolic OH excluding ortho intramolecular Hbond substituents is 2. The summed E-state index contributed by atoms with van der Waals surface area (Å²) in [4.78, 5) is 0. The molecule has 0 radical (unpaired) electrons. The average molecular weight is 248 g/mol. The van der Waals surface area contributed by atoms with Crippen LogP contribution in [0.15, 0.2) is 41.4 Å². The maximum Gasteiger partial charge on any atom is 0.123 e. The third-order valence-corrected chi connectivity index (χ3v) is 3.29. The highest BCUT2D eigenvalue weighted by atomic mass is 16.3. The number of benzene rings is 1. The van der Waals surface area contributed by atoms with Gasteiger partial charge in [-0.25, -0.2) is 0 Å². The molecule has 1 aromatic carbocycles. The lowest BCUT2D eigenvalue weighted by Crippen LogP contribution is -2.06. The lowest BCUT2D eigenvalue weighted by molar-refractivity contribution is 0.354. The Morgan fingerprint density at radius 1 is 1.06 bits per heavy atom. The molecule has 0 saturated heterocycles. The second kappa shape index (κ2) is 4.64. The summed E-state index contributed by atoms with van der Waals surface area (Å²) in [5.41, 5.74) is 1.41. The van der Waals surface area contributed by atoms with E-state index in [9.17, 15) is 20.4 Å². The van der Waals surface area contributed by atoms with Crippen LogP contribution in [-0.4, -0.2) is 20.4 Å². The Kier molecular flexibility index (Phi) is 3.19. The van der Waals surface area contributed by atoms with Crippen LogP contribution in [0, 0.1) is 0 Å². The minimum atomic E-state index is -0.171. The SMILES string of the molecule is CC(C1=C(O)C=C(O)CC1)c1ccc(O)cc1O. The van der Waals surface area contributed by atoms with Gasteiger partial charge < -0.3 is 20.4 Å². The molecular weight excluding hydrogens is 232 g/mol. The minimum absolute atomic E-state index is 0.00146. The van der Waals surface area contributed by atoms with E-state index in [1.54, 1.807) is 6.07 Å². The Bertz CT molecular complexity index is 529. The van der Waals surface area contributed by atoms with Crippen LogP contribution in [0.25, 0.3) is 0 Å². The van der Waals surface area contributed by atoms with Crippen molar-refractivity contribution >= 4 is 0 Å². The normalized spacial score (nSPS) is 17.5. The summed E-state index contributed by atoms with van der Waals surface area (Å²) < 4.78 is 0. The second-order valence-corrected chi connectivity index (χ2v) is 4.51. The van der Waals surface area contributed by atoms with E-state index in [-0.39, 0.29) is 28.9 Å². The van der Waals surface area contributed by atoms with Gasteiger partial charge in [0, 0.05) is 30.0 Å². The first-order valence-corrected chi connectivity index (χ1v) is 5.82. The summed E-state index contributed by atoms with van der Waals surface area (Å²) in [6.07, 6.45) is 2.38. The van der Waals surface area contributed by atoms with Crippen molar-refractivity contribution in [2.45, 2.75) is 25.7 Å². The van der Waals surface area contributed by atoms with Crippen molar-refractivity contribution in [1.29, 1.82) is 0 Å². The summed E-state index contributed by atoms with van der Waals surface area (Å²) in [6.45, 7) is 1.87. The maximum atomic E-state index is 9.83. The standard InChI is InChI=1S/C14H16O4/c1-8(11-4-2-9(15)6-13(11)17)12-5-3-10(16)7-14(12)18/h2,4,6-8,15-18H,3,5H2,1H3. The van der Waals surface area contributed by atoms with E-state index in [0.717, 1.165) is 5.57 Å². The van der Waals surface area contributed by atoms with Gasteiger partial charge in [0.15, 0.2) is 0 Å². The number of rotatable bonds is 2. The van der Waals surface area contributed by atoms with E-state index in [2.05, 4.69) is 0 Å². The number of hydrogen-bond acceptors (Lipinski definition) is 4. The van der Waals surface area contributed by atoms with Gasteiger partial charge in [0.05, 0.1) is 5.76 Å². The number of aromatic hydroxyl groups is 2. The molecule has 1 aliphatic carbocycles. The van der Waals surface area contributed by atoms with Crippen molar-refractivity contribution < 1.29 is 20.4 Å². The van der Waals surface area contributed by atoms with Gasteiger partial charge in [-0.1, -0.05) is 13.0 Å². The molecule has 1 atom stereocenters. The zero-order valence-corrected chi connectivity index (χ0v) is 10.1. The van der Waals surface area contributed by atoms with Gasteiger partial charge >= 0.3 is 0 Å². The quantitative estimate of drug-likeness (QED) is 0.647. The van der Waals surface area contributed by atoms with Crippen LogP contribution in [0.2, 0.25) is 0 Å². The molecule has 96 valence electrons. The van der Waals surface area contributed by atoms with Gasteiger partial charge in [-0.05, 0) is 18.1 Å². The fourth-order valence-corrected chi connectivity index (χ4v) is 2.24. The van der Waals surface area contributed by atoms with Gasteiger partial charge in [-0.3, -0.25) is 0 Å². The summed E-state index contributed by atoms with van der Waals surface area (Å²) in [5, 5.41) is 38.2. The van der Waals surface area contributed by atoms with Crippen LogP contribution >= 0.6 is 0 Å². The average Bonchev–Trinajstić information content (AvgIpc) is 2.28. The predicted molar refractivity (Wildman–Crippen MR) is 67.8 cm³/mol. The van der Waals surface area contributed by atoms with Crippen molar-refractivity contribution in [1.82, 2.24) is 0 Å². The van der Waals surface area contributed by atoms with Crippen LogP contribution in [0.3, 0.4) is 0 Å². The monoisotopic (exact) mass is 248 g/mol. The maximum absolute atomic E-state index is 9.83. The van der Waals surface area contributed by atoms with Gasteiger partial charge in [0.1, 0.15) is 17.3 Å². The Balaban J connectivity index is 2.37. The molecule has 4 nitrogen and oxygen atoms in total. The van der Waals surface area contributed by atoms with Crippen molar-refractivity contribution in [3.63, 3.8) is 0 Å². The lowest BCUT2D eigenvalue weighted by Gasteiger charge is -2.21. The van der Waals surface area contributed by atoms with Crippen LogP contribution in [0.4, 0.5) is 0 Å². The molecule has 0 spiro atoms. The largest absolute Gasteiger partial charge is 0.512 e. The highest BCUT2D eigenvalue weighted by molar-refractivity contribution is 5.45. The molecular formula is C14H16O4. The third kappa shape index (κ3) is 2.27. The molecule has 0 aromatic heterocycles. The number of hydrogen-bond donors (Lipinski definition) is 4. The summed E-state index contributed by atoms with van der Waals surface area (Å²) in [5.74, 6) is 0.0523. The molecule has 0 bridgehead atoms. The molecule has 18 heavy (non-hydrogen) atoms. The zero-order valence-electron chi connectivity index (χ0n) is 10.1. The number of allylic oxidation sites excluding steroid dienone is 3. The summed E-state index contributed by atoms with van der Waals surface area (Å²) >= 11 is 0. The summed E-state index contributed by atoms with van der Waals surface area (Å²) in [6, 6.07) is 4.41. The van der Waals surface area contributed by atoms with Gasteiger partial charge in [0.2, 0.25) is 0 Å². The van der Waals surface area contributed by atoms with Crippen LogP contribution in [0.1, 0.15) is 31.2 Å². The van der Waals surface area contributed by atoms with Crippen molar-refractivity contribution in [3.05, 3.63) is 46.9 Å². The molecule has 1 unspecified atom stereocenters. The number of aliphatic hydroxyl groups is 2. The van der Waals surface area contributed by atoms with Crippen molar-refractivity contribution in [2.75, 3.05) is 0 Å². The van der Waals surface area contributed by atoms with E-state index in [1.165, 1.54) is 18.2 Å². The van der Waals surface area contributed by atoms with Crippen molar-refractivity contribution in [3.8, 4) is 11.5 Å². The molecule has 1 aromatic rings. The Hall–Kier alpha value is -2.10. The second-order valence-electron chi connectivity index (χ2n) is 4.51. The molecule has 0 amide bonds. The van der Waals surface area contributed by atoms with Crippen LogP contribution in [0.5, 0.6) is 11.5 Å². The smallest absolute Gasteiger partial charge is 0.123 e. The highest BCUT2D eigenvalue weighted by Crippen LogP contribution is 2.38. The molecule has 4 N–H and O–H groups in total. The van der Waals surface area contributed by atoms with E-state index in [4.69, 9.17) is 0 Å². The van der Waals surface area contributed by atoms with Gasteiger partial charge in [-0.2, -0.15) is 0 Å². The molecule has 4 heteroatoms. The first kappa shape index (κ1) is 12.4. The molecule has 0 aliphatic heterocycles. The fourth-order valence-electron chi connectivity index (χ4n) is 2.24. The zero-order chi connectivity index (χ0) is 13.3. The number of phenols is 2. The topological polar surface area (TPSA) is 80.9 Å². The lowest BCUT2D eigenvalue weighted by atomic mass is 9.86. The molecule has 2 rings (SSSR count). The van der Waals surface area contributed by atoms with Gasteiger partial charge in [-0.15, -0.1) is 0 Å². The Morgan fingerprint density at radius 3 is 2.39 bits per heavy atom. The van der Waals surface area contributed by atoms with E-state index < -0.39 is 0 Å². The predicted octanol–water partition coefficient (Wildman–Crippen LogP) is 3.25. The first-order chi connectivity index (χ1) is 8.49. The Labute approximate surface area is 105 Å². The van der Waals surface area contributed by atoms with E-state index in [0.29, 0.717) is 18.4 Å². The summed E-state index contributed by atoms with van der Waals surface area (Å²) in [7, 11) is 0. The van der Waals surface area contributed by atoms with E-state index in [1.807, 2.05) is 6.92 Å². The third-order valence-electron chi connectivity index (χ3n) is 3.29. The minimum Gasteiger partial charge on any atom is -0.512 e. The molecule has 1 aliphatic rings. The van der Waals surface area contributed by atoms with E-state index >= 15 is 0 Å². The molecule has 0 heterocycles. The van der Waals surface area contributed by atoms with Gasteiger partial charge in [0.25, 0.3) is 0 Å². The first-order valence-electron chi connectivity index (χ1n) is 5.82. The van der Waals surface area contributed by atoms with Crippen LogP contribution < -0.4 is 0 Å². The van der Waals surface area contributed by atoms with Crippen LogP contribution in [-0.2, 0) is 0 Å². The molecule has 0 fully saturated rings. The number of aliphatic hydroxyl groups excluding tert-OH is 2. The fraction of sp³-hybridized carbons (Fsp3) is 0.286. The highest BCUT2D eigenvalue weighted by Gasteiger charge is 2.21. The molecule has 0 saturated carbocycles.